The van der Waals surface area contributed by atoms with Gasteiger partial charge in [-0.25, -0.2) is 19.9 Å². The summed E-state index contributed by atoms with van der Waals surface area (Å²) in [6.45, 7) is 4.18. The monoisotopic (exact) mass is 1160 g/mol. The van der Waals surface area contributed by atoms with Crippen molar-refractivity contribution in [1.29, 1.82) is 0 Å². The first-order chi connectivity index (χ1) is 40.0. The first kappa shape index (κ1) is 51.6. The van der Waals surface area contributed by atoms with Crippen LogP contribution in [0.1, 0.15) is 11.1 Å². The van der Waals surface area contributed by atoms with Crippen LogP contribution in [-0.4, -0.2) is 65.3 Å². The van der Waals surface area contributed by atoms with Gasteiger partial charge in [-0.05, 0) is 49.9 Å². The first-order valence-corrected chi connectivity index (χ1v) is 26.2. The molecule has 0 saturated carbocycles. The van der Waals surface area contributed by atoms with E-state index in [1.807, 2.05) is 182 Å². The normalized spacial score (nSPS) is 12.2. The maximum Gasteiger partial charge on any atom is 2.00 e. The predicted molar refractivity (Wildman–Crippen MR) is 316 cm³/mol. The minimum atomic E-state index is 0. The molecule has 5 aliphatic rings. The number of rotatable bonds is 0. The zero-order valence-electron chi connectivity index (χ0n) is 43.7. The van der Waals surface area contributed by atoms with E-state index in [0.717, 1.165) is 93.5 Å². The number of fused-ring (bicyclic) bond motifs is 40. The molecule has 18 rings (SSSR count). The van der Waals surface area contributed by atoms with Crippen LogP contribution in [0, 0.1) is 0 Å². The van der Waals surface area contributed by atoms with Gasteiger partial charge in [-0.15, -0.1) is 0 Å². The van der Waals surface area contributed by atoms with E-state index in [1.165, 1.54) is 0 Å². The average molecular weight is 1160 g/mol. The average Bonchev–Trinajstić information content (AvgIpc) is 3.53. The van der Waals surface area contributed by atoms with E-state index in [-0.39, 0.29) is 40.2 Å². The van der Waals surface area contributed by atoms with Gasteiger partial charge in [0, 0.05) is 89.7 Å². The summed E-state index contributed by atoms with van der Waals surface area (Å²) < 4.78 is 0. The Hall–Kier alpha value is -10.5. The summed E-state index contributed by atoms with van der Waals surface area (Å²) in [6.07, 6.45) is 4.64. The maximum atomic E-state index is 4.99. The molecule has 0 amide bonds. The molecular weight excluding hydrogens is 1120 g/mol. The quantitative estimate of drug-likeness (QED) is 0.137. The van der Waals surface area contributed by atoms with Crippen LogP contribution >= 0.6 is 0 Å². The third-order valence-electron chi connectivity index (χ3n) is 15.0. The molecule has 13 aromatic rings. The zero-order chi connectivity index (χ0) is 53.3. The van der Waals surface area contributed by atoms with Crippen molar-refractivity contribution in [3.63, 3.8) is 0 Å². The minimum Gasteiger partial charge on any atom is -0.412 e. The number of hydrogen-bond donors (Lipinski definition) is 0. The summed E-state index contributed by atoms with van der Waals surface area (Å²) >= 11 is 0. The Morgan fingerprint density at radius 2 is 0.476 bits per heavy atom. The molecule has 394 valence electrons. The van der Waals surface area contributed by atoms with Gasteiger partial charge in [0.25, 0.3) is 0 Å². The molecule has 1 aliphatic carbocycles. The van der Waals surface area contributed by atoms with Crippen molar-refractivity contribution in [2.24, 2.45) is 0 Å². The third kappa shape index (κ3) is 8.26. The molecule has 84 heavy (non-hydrogen) atoms. The van der Waals surface area contributed by atoms with E-state index in [4.69, 9.17) is 79.7 Å². The molecule has 10 heterocycles. The van der Waals surface area contributed by atoms with Gasteiger partial charge in [0.1, 0.15) is 0 Å². The molecule has 6 aromatic heterocycles. The molecule has 0 spiro atoms. The zero-order valence-corrected chi connectivity index (χ0v) is 46.3. The molecule has 0 unspecified atom stereocenters. The molecule has 0 saturated heterocycles. The van der Waals surface area contributed by atoms with Crippen molar-refractivity contribution in [1.82, 2.24) is 79.7 Å². The SMILES string of the molecule is C=C1C=Cc2c(c3nc4nc(nc5[n-]c(nc6nc(nc2[n-]3)-c2ccccc2-6)c2ccccc52)-c2ccccc2-4)C1.O.[Cr+2].[Cr+2].c1ccc2c(c1)-c1nc-2nc2[n-]c(nc3nc(nc4[n-]c(n1)c1ccccc41)-c1ccccc1-3)c1ccccc21. The molecule has 17 nitrogen and oxygen atoms in total. The van der Waals surface area contributed by atoms with Crippen LogP contribution in [-0.2, 0) is 41.1 Å². The van der Waals surface area contributed by atoms with E-state index in [9.17, 15) is 0 Å². The summed E-state index contributed by atoms with van der Waals surface area (Å²) in [4.78, 5) is 78.7. The van der Waals surface area contributed by atoms with Crippen molar-refractivity contribution < 1.29 is 40.2 Å². The van der Waals surface area contributed by atoms with Gasteiger partial charge in [-0.2, -0.15) is 0 Å². The van der Waals surface area contributed by atoms with E-state index >= 15 is 0 Å². The van der Waals surface area contributed by atoms with E-state index in [1.54, 1.807) is 0 Å². The first-order valence-electron chi connectivity index (χ1n) is 26.2. The van der Waals surface area contributed by atoms with Crippen molar-refractivity contribution in [2.45, 2.75) is 6.42 Å². The number of allylic oxidation sites excluding steroid dienone is 2. The summed E-state index contributed by atoms with van der Waals surface area (Å²) in [5.74, 6) is 4.42. The molecule has 4 aliphatic heterocycles. The fraction of sp³-hybridized carbons (Fsp3) is 0.0154. The van der Waals surface area contributed by atoms with Crippen LogP contribution in [0.15, 0.2) is 188 Å². The summed E-state index contributed by atoms with van der Waals surface area (Å²) in [6, 6.07) is 55.7. The van der Waals surface area contributed by atoms with Crippen molar-refractivity contribution in [3.8, 4) is 91.1 Å². The van der Waals surface area contributed by atoms with Gasteiger partial charge < -0.3 is 65.3 Å². The molecule has 0 atom stereocenters. The standard InChI is InChI=1S/C33H18N8.C32H16N8.2Cr.H2O/c1-17-14-15-24-25(16-17)33-40-31-23-13-7-6-12-22(23)29(38-31)36-27-19-9-3-2-8-18(19)26(34-27)35-28-20-10-4-5-11-21(20)30(37-28)39-32(24)41-33;1-2-10-18-17(9-1)25-33-26(18)38-28-21-13-5-6-14-22(21)30(35-28)40-32-24-16-8-7-15-23(24)31(36-32)39-29-20-12-4-3-11-19(20)27(34-29)37-25;;;/h2-15H,1,16H2;1-16H;;;1H2/q2*-2;2*+2;. The Balaban J connectivity index is 0.000000144. The van der Waals surface area contributed by atoms with Crippen LogP contribution in [0.4, 0.5) is 0 Å². The van der Waals surface area contributed by atoms with Crippen molar-refractivity contribution in [3.05, 3.63) is 199 Å². The minimum absolute atomic E-state index is 0. The summed E-state index contributed by atoms with van der Waals surface area (Å²) in [7, 11) is 0. The van der Waals surface area contributed by atoms with Crippen LogP contribution in [0.2, 0.25) is 0 Å². The maximum absolute atomic E-state index is 4.99. The number of aromatic nitrogens is 16. The van der Waals surface area contributed by atoms with Crippen molar-refractivity contribution >= 4 is 83.6 Å². The second-order valence-electron chi connectivity index (χ2n) is 19.8. The molecule has 19 heteroatoms. The summed E-state index contributed by atoms with van der Waals surface area (Å²) in [5.41, 5.74) is 14.5. The molecule has 2 N–H and O–H groups in total. The smallest absolute Gasteiger partial charge is 0.412 e. The van der Waals surface area contributed by atoms with Gasteiger partial charge in [-0.1, -0.05) is 194 Å². The Morgan fingerprint density at radius 1 is 0.262 bits per heavy atom. The van der Waals surface area contributed by atoms with E-state index in [2.05, 4.69) is 6.58 Å². The topological polar surface area (TPSA) is 243 Å². The number of benzene rings is 7. The number of nitrogens with zero attached hydrogens (tertiary/aromatic N) is 16. The second kappa shape index (κ2) is 20.2. The van der Waals surface area contributed by atoms with E-state index in [0.29, 0.717) is 98.2 Å². The Kier molecular flexibility index (Phi) is 12.4. The second-order valence-corrected chi connectivity index (χ2v) is 19.8. The molecule has 0 radical (unpaired) electrons. The largest absolute Gasteiger partial charge is 2.00 e. The number of hydrogen-bond acceptors (Lipinski definition) is 12. The Bertz CT molecular complexity index is 5030. The van der Waals surface area contributed by atoms with E-state index < -0.39 is 0 Å². The molecule has 0 fully saturated rings. The van der Waals surface area contributed by atoms with Crippen molar-refractivity contribution in [2.75, 3.05) is 0 Å². The van der Waals surface area contributed by atoms with Crippen LogP contribution in [0.5, 0.6) is 0 Å². The molecular formula is C65H36Cr2N16O. The molecule has 16 bridgehead atoms. The van der Waals surface area contributed by atoms with Gasteiger partial charge in [0.05, 0.1) is 46.6 Å². The Morgan fingerprint density at radius 3 is 0.738 bits per heavy atom. The third-order valence-corrected chi connectivity index (χ3v) is 15.0. The fourth-order valence-electron chi connectivity index (χ4n) is 11.2. The fourth-order valence-corrected chi connectivity index (χ4v) is 11.2. The summed E-state index contributed by atoms with van der Waals surface area (Å²) in [5, 5.41) is 5.36. The van der Waals surface area contributed by atoms with Crippen LogP contribution in [0.25, 0.3) is 175 Å². The van der Waals surface area contributed by atoms with Crippen LogP contribution in [0.3, 0.4) is 0 Å². The van der Waals surface area contributed by atoms with Gasteiger partial charge in [0.2, 0.25) is 0 Å². The van der Waals surface area contributed by atoms with Crippen LogP contribution < -0.4 is 19.9 Å². The molecule has 7 aromatic carbocycles. The van der Waals surface area contributed by atoms with Gasteiger partial charge >= 0.3 is 34.7 Å². The Labute approximate surface area is 497 Å². The predicted octanol–water partition coefficient (Wildman–Crippen LogP) is 11.4. The van der Waals surface area contributed by atoms with Gasteiger partial charge in [0.15, 0.2) is 0 Å². The van der Waals surface area contributed by atoms with Gasteiger partial charge in [-0.3, -0.25) is 0 Å².